The summed E-state index contributed by atoms with van der Waals surface area (Å²) < 4.78 is 6.30. The highest BCUT2D eigenvalue weighted by atomic mass is 79.9. The lowest BCUT2D eigenvalue weighted by Crippen LogP contribution is -2.20. The van der Waals surface area contributed by atoms with E-state index in [2.05, 4.69) is 41.9 Å². The Morgan fingerprint density at radius 3 is 2.47 bits per heavy atom. The maximum Gasteiger partial charge on any atom is 0.307 e. The zero-order chi connectivity index (χ0) is 13.0. The predicted molar refractivity (Wildman–Crippen MR) is 76.6 cm³/mol. The van der Waals surface area contributed by atoms with Crippen molar-refractivity contribution in [1.29, 1.82) is 0 Å². The lowest BCUT2D eigenvalue weighted by molar-refractivity contribution is -0.140. The molecule has 0 saturated carbocycles. The Kier molecular flexibility index (Phi) is 5.76. The van der Waals surface area contributed by atoms with Gasteiger partial charge in [0.2, 0.25) is 0 Å². The van der Waals surface area contributed by atoms with Gasteiger partial charge in [-0.2, -0.15) is 0 Å². The molecule has 17 heavy (non-hydrogen) atoms. The molecule has 0 radical (unpaired) electrons. The molecule has 3 nitrogen and oxygen atoms in total. The van der Waals surface area contributed by atoms with Crippen molar-refractivity contribution in [3.63, 3.8) is 0 Å². The van der Waals surface area contributed by atoms with Gasteiger partial charge >= 0.3 is 5.97 Å². The number of hydrogen-bond acceptors (Lipinski definition) is 3. The smallest absolute Gasteiger partial charge is 0.307 e. The standard InChI is InChI=1S/C11H12Br2ClNO2/c1-6(3-10(16)17-2)15-11-8(12)4-7(14)5-9(11)13/h4-6,15H,3H2,1-2H3. The van der Waals surface area contributed by atoms with Crippen LogP contribution in [-0.4, -0.2) is 19.1 Å². The first-order valence-corrected chi connectivity index (χ1v) is 6.88. The minimum Gasteiger partial charge on any atom is -0.469 e. The highest BCUT2D eigenvalue weighted by Crippen LogP contribution is 2.34. The molecule has 1 aromatic carbocycles. The van der Waals surface area contributed by atoms with E-state index in [-0.39, 0.29) is 12.0 Å². The molecular weight excluding hydrogens is 373 g/mol. The Balaban J connectivity index is 2.78. The van der Waals surface area contributed by atoms with Crippen molar-refractivity contribution in [2.75, 3.05) is 12.4 Å². The fourth-order valence-electron chi connectivity index (χ4n) is 1.31. The third-order valence-corrected chi connectivity index (χ3v) is 3.57. The van der Waals surface area contributed by atoms with E-state index in [0.29, 0.717) is 11.4 Å². The summed E-state index contributed by atoms with van der Waals surface area (Å²) in [7, 11) is 1.38. The van der Waals surface area contributed by atoms with Gasteiger partial charge in [0.05, 0.1) is 19.2 Å². The minimum absolute atomic E-state index is 0.0313. The number of rotatable bonds is 4. The van der Waals surface area contributed by atoms with Gasteiger partial charge < -0.3 is 10.1 Å². The maximum atomic E-state index is 11.1. The van der Waals surface area contributed by atoms with Gasteiger partial charge in [-0.05, 0) is 50.9 Å². The number of anilines is 1. The molecular formula is C11H12Br2ClNO2. The predicted octanol–water partition coefficient (Wildman–Crippen LogP) is 4.23. The van der Waals surface area contributed by atoms with E-state index in [0.717, 1.165) is 14.6 Å². The van der Waals surface area contributed by atoms with Crippen LogP contribution < -0.4 is 5.32 Å². The summed E-state index contributed by atoms with van der Waals surface area (Å²) in [6.45, 7) is 1.91. The van der Waals surface area contributed by atoms with E-state index in [1.165, 1.54) is 7.11 Å². The molecule has 0 heterocycles. The minimum atomic E-state index is -0.244. The van der Waals surface area contributed by atoms with Crippen molar-refractivity contribution in [1.82, 2.24) is 0 Å². The van der Waals surface area contributed by atoms with Gasteiger partial charge in [0.25, 0.3) is 0 Å². The van der Waals surface area contributed by atoms with Crippen LogP contribution in [-0.2, 0) is 9.53 Å². The Morgan fingerprint density at radius 2 is 2.00 bits per heavy atom. The van der Waals surface area contributed by atoms with Crippen LogP contribution in [0.25, 0.3) is 0 Å². The summed E-state index contributed by atoms with van der Waals surface area (Å²) >= 11 is 12.7. The van der Waals surface area contributed by atoms with Crippen molar-refractivity contribution in [3.8, 4) is 0 Å². The first-order chi connectivity index (χ1) is 7.93. The molecule has 1 unspecified atom stereocenters. The summed E-state index contributed by atoms with van der Waals surface area (Å²) in [5.41, 5.74) is 0.866. The first kappa shape index (κ1) is 14.8. The monoisotopic (exact) mass is 383 g/mol. The van der Waals surface area contributed by atoms with Crippen molar-refractivity contribution < 1.29 is 9.53 Å². The normalized spacial score (nSPS) is 12.1. The Labute approximate surface area is 122 Å². The van der Waals surface area contributed by atoms with Crippen LogP contribution in [0.1, 0.15) is 13.3 Å². The number of esters is 1. The molecule has 1 N–H and O–H groups in total. The lowest BCUT2D eigenvalue weighted by Gasteiger charge is -2.17. The molecule has 0 aliphatic carbocycles. The van der Waals surface area contributed by atoms with Crippen molar-refractivity contribution in [2.45, 2.75) is 19.4 Å². The number of nitrogens with one attached hydrogen (secondary N) is 1. The van der Waals surface area contributed by atoms with Gasteiger partial charge in [-0.1, -0.05) is 11.6 Å². The van der Waals surface area contributed by atoms with Crippen molar-refractivity contribution >= 4 is 55.1 Å². The van der Waals surface area contributed by atoms with Crippen LogP contribution >= 0.6 is 43.5 Å². The second-order valence-electron chi connectivity index (χ2n) is 3.57. The van der Waals surface area contributed by atoms with Gasteiger partial charge in [-0.15, -0.1) is 0 Å². The third kappa shape index (κ3) is 4.48. The van der Waals surface area contributed by atoms with Crippen LogP contribution in [0, 0.1) is 0 Å². The zero-order valence-electron chi connectivity index (χ0n) is 9.39. The van der Waals surface area contributed by atoms with E-state index in [9.17, 15) is 4.79 Å². The van der Waals surface area contributed by atoms with Crippen LogP contribution in [0.4, 0.5) is 5.69 Å². The summed E-state index contributed by atoms with van der Waals surface area (Å²) in [4.78, 5) is 11.1. The molecule has 1 atom stereocenters. The molecule has 6 heteroatoms. The average Bonchev–Trinajstić information content (AvgIpc) is 2.23. The van der Waals surface area contributed by atoms with E-state index < -0.39 is 0 Å². The van der Waals surface area contributed by atoms with Crippen molar-refractivity contribution in [3.05, 3.63) is 26.1 Å². The highest BCUT2D eigenvalue weighted by Gasteiger charge is 2.13. The molecule has 0 aromatic heterocycles. The maximum absolute atomic E-state index is 11.1. The highest BCUT2D eigenvalue weighted by molar-refractivity contribution is 9.11. The number of benzene rings is 1. The number of methoxy groups -OCH3 is 1. The number of halogens is 3. The van der Waals surface area contributed by atoms with Crippen LogP contribution in [0.15, 0.2) is 21.1 Å². The van der Waals surface area contributed by atoms with E-state index in [1.54, 1.807) is 12.1 Å². The Bertz CT molecular complexity index is 403. The molecule has 1 aromatic rings. The van der Waals surface area contributed by atoms with Gasteiger partial charge in [0, 0.05) is 20.0 Å². The molecule has 0 aliphatic heterocycles. The van der Waals surface area contributed by atoms with Crippen molar-refractivity contribution in [2.24, 2.45) is 0 Å². The molecule has 1 rings (SSSR count). The summed E-state index contributed by atoms with van der Waals surface area (Å²) in [6, 6.07) is 3.55. The lowest BCUT2D eigenvalue weighted by atomic mass is 10.2. The second-order valence-corrected chi connectivity index (χ2v) is 5.72. The van der Waals surface area contributed by atoms with Gasteiger partial charge in [-0.25, -0.2) is 0 Å². The Morgan fingerprint density at radius 1 is 1.47 bits per heavy atom. The average molecular weight is 385 g/mol. The fourth-order valence-corrected chi connectivity index (χ4v) is 3.21. The van der Waals surface area contributed by atoms with E-state index >= 15 is 0 Å². The van der Waals surface area contributed by atoms with Crippen LogP contribution in [0.2, 0.25) is 5.02 Å². The SMILES string of the molecule is COC(=O)CC(C)Nc1c(Br)cc(Cl)cc1Br. The molecule has 0 fully saturated rings. The molecule has 0 aliphatic rings. The largest absolute Gasteiger partial charge is 0.469 e. The molecule has 0 saturated heterocycles. The third-order valence-electron chi connectivity index (χ3n) is 2.10. The van der Waals surface area contributed by atoms with E-state index in [4.69, 9.17) is 11.6 Å². The van der Waals surface area contributed by atoms with Crippen LogP contribution in [0.3, 0.4) is 0 Å². The molecule has 94 valence electrons. The van der Waals surface area contributed by atoms with Gasteiger partial charge in [-0.3, -0.25) is 4.79 Å². The number of ether oxygens (including phenoxy) is 1. The molecule has 0 spiro atoms. The van der Waals surface area contributed by atoms with Gasteiger partial charge in [0.1, 0.15) is 0 Å². The number of hydrogen-bond donors (Lipinski definition) is 1. The molecule has 0 bridgehead atoms. The summed E-state index contributed by atoms with van der Waals surface area (Å²) in [6.07, 6.45) is 0.304. The fraction of sp³-hybridized carbons (Fsp3) is 0.364. The topological polar surface area (TPSA) is 38.3 Å². The Hall–Kier alpha value is -0.260. The quantitative estimate of drug-likeness (QED) is 0.789. The summed E-state index contributed by atoms with van der Waals surface area (Å²) in [5, 5.41) is 3.85. The van der Waals surface area contributed by atoms with E-state index in [1.807, 2.05) is 6.92 Å². The number of carbonyl (C=O) groups excluding carboxylic acids is 1. The zero-order valence-corrected chi connectivity index (χ0v) is 13.3. The van der Waals surface area contributed by atoms with Crippen LogP contribution in [0.5, 0.6) is 0 Å². The summed E-state index contributed by atoms with van der Waals surface area (Å²) in [5.74, 6) is -0.244. The second kappa shape index (κ2) is 6.61. The first-order valence-electron chi connectivity index (χ1n) is 4.92. The number of carbonyl (C=O) groups is 1. The molecule has 0 amide bonds. The van der Waals surface area contributed by atoms with Gasteiger partial charge in [0.15, 0.2) is 0 Å².